The Hall–Kier alpha value is -4.70. The van der Waals surface area contributed by atoms with Crippen LogP contribution in [0.5, 0.6) is 5.75 Å². The highest BCUT2D eigenvalue weighted by Gasteiger charge is 2.45. The summed E-state index contributed by atoms with van der Waals surface area (Å²) < 4.78 is 13.0. The number of ether oxygens (including phenoxy) is 2. The fourth-order valence-electron chi connectivity index (χ4n) is 6.86. The maximum atomic E-state index is 13.8. The minimum absolute atomic E-state index is 0.286. The van der Waals surface area contributed by atoms with Crippen LogP contribution in [0.3, 0.4) is 0 Å². The summed E-state index contributed by atoms with van der Waals surface area (Å²) in [5, 5.41) is 7.61. The number of hydrogen-bond donors (Lipinski definition) is 2. The second-order valence-electron chi connectivity index (χ2n) is 12.8. The van der Waals surface area contributed by atoms with Crippen LogP contribution in [0, 0.1) is 0 Å². The molecule has 256 valence electrons. The molecule has 11 heteroatoms. The van der Waals surface area contributed by atoms with E-state index in [4.69, 9.17) is 21.1 Å². The number of halogens is 1. The number of benzene rings is 2. The Balaban J connectivity index is 1.23. The molecule has 4 aromatic rings. The van der Waals surface area contributed by atoms with Gasteiger partial charge in [0.05, 0.1) is 23.9 Å². The third-order valence-corrected chi connectivity index (χ3v) is 9.71. The first-order valence-corrected chi connectivity index (χ1v) is 17.5. The van der Waals surface area contributed by atoms with E-state index in [1.54, 1.807) is 36.7 Å². The first-order valence-electron chi connectivity index (χ1n) is 17.1. The molecule has 2 aromatic heterocycles. The van der Waals surface area contributed by atoms with Crippen LogP contribution in [0.15, 0.2) is 54.9 Å². The van der Waals surface area contributed by atoms with Gasteiger partial charge in [-0.25, -0.2) is 14.8 Å². The summed E-state index contributed by atoms with van der Waals surface area (Å²) in [5.41, 5.74) is 3.70. The normalized spacial score (nSPS) is 15.7. The van der Waals surface area contributed by atoms with Gasteiger partial charge in [-0.15, -0.1) is 0 Å². The van der Waals surface area contributed by atoms with Gasteiger partial charge in [0, 0.05) is 59.3 Å². The van der Waals surface area contributed by atoms with Crippen molar-refractivity contribution in [3.63, 3.8) is 0 Å². The molecular formula is C38H42ClN5O5. The van der Waals surface area contributed by atoms with E-state index in [0.717, 1.165) is 42.3 Å². The number of carbonyl (C=O) groups is 3. The third-order valence-electron chi connectivity index (χ3n) is 9.51. The van der Waals surface area contributed by atoms with Gasteiger partial charge in [-0.1, -0.05) is 37.4 Å². The Morgan fingerprint density at radius 1 is 1.04 bits per heavy atom. The molecule has 0 bridgehead atoms. The van der Waals surface area contributed by atoms with Gasteiger partial charge >= 0.3 is 5.97 Å². The second-order valence-corrected chi connectivity index (χ2v) is 13.2. The molecule has 2 aliphatic rings. The molecule has 0 radical (unpaired) electrons. The highest BCUT2D eigenvalue weighted by Crippen LogP contribution is 2.44. The summed E-state index contributed by atoms with van der Waals surface area (Å²) in [6.07, 6.45) is 13.4. The Labute approximate surface area is 291 Å². The van der Waals surface area contributed by atoms with Gasteiger partial charge in [0.1, 0.15) is 11.3 Å². The van der Waals surface area contributed by atoms with Crippen LogP contribution in [-0.4, -0.2) is 51.1 Å². The highest BCUT2D eigenvalue weighted by atomic mass is 35.5. The number of anilines is 1. The monoisotopic (exact) mass is 683 g/mol. The lowest BCUT2D eigenvalue weighted by atomic mass is 9.75. The molecule has 2 aliphatic carbocycles. The van der Waals surface area contributed by atoms with Crippen molar-refractivity contribution in [2.24, 2.45) is 7.05 Å². The Morgan fingerprint density at radius 3 is 2.47 bits per heavy atom. The zero-order valence-electron chi connectivity index (χ0n) is 28.2. The predicted octanol–water partition coefficient (Wildman–Crippen LogP) is 7.60. The van der Waals surface area contributed by atoms with Crippen molar-refractivity contribution in [3.05, 3.63) is 76.6 Å². The number of aryl methyl sites for hydroxylation is 1. The highest BCUT2D eigenvalue weighted by molar-refractivity contribution is 6.30. The van der Waals surface area contributed by atoms with Gasteiger partial charge in [0.25, 0.3) is 5.91 Å². The molecule has 0 unspecified atom stereocenters. The van der Waals surface area contributed by atoms with Gasteiger partial charge in [-0.05, 0) is 87.3 Å². The molecule has 2 N–H and O–H groups in total. The van der Waals surface area contributed by atoms with Gasteiger partial charge in [-0.2, -0.15) is 0 Å². The Morgan fingerprint density at radius 2 is 1.80 bits per heavy atom. The van der Waals surface area contributed by atoms with Crippen LogP contribution in [0.2, 0.25) is 5.02 Å². The molecule has 0 spiro atoms. The number of rotatable bonds is 12. The van der Waals surface area contributed by atoms with Crippen LogP contribution in [0.4, 0.5) is 5.69 Å². The fraction of sp³-hybridized carbons (Fsp3) is 0.395. The van der Waals surface area contributed by atoms with Crippen molar-refractivity contribution in [3.8, 4) is 17.3 Å². The summed E-state index contributed by atoms with van der Waals surface area (Å²) in [4.78, 5) is 48.6. The summed E-state index contributed by atoms with van der Waals surface area (Å²) in [7, 11) is 1.98. The van der Waals surface area contributed by atoms with Crippen LogP contribution in [0.1, 0.15) is 92.6 Å². The molecule has 2 aromatic carbocycles. The van der Waals surface area contributed by atoms with Gasteiger partial charge in [0.2, 0.25) is 5.91 Å². The van der Waals surface area contributed by atoms with E-state index in [2.05, 4.69) is 25.2 Å². The predicted molar refractivity (Wildman–Crippen MR) is 191 cm³/mol. The first-order chi connectivity index (χ1) is 23.7. The van der Waals surface area contributed by atoms with Gasteiger partial charge in [-0.3, -0.25) is 9.59 Å². The Bertz CT molecular complexity index is 1890. The molecule has 0 saturated heterocycles. The summed E-state index contributed by atoms with van der Waals surface area (Å²) >= 11 is 6.11. The molecule has 49 heavy (non-hydrogen) atoms. The smallest absolute Gasteiger partial charge is 0.330 e. The number of esters is 1. The zero-order chi connectivity index (χ0) is 34.5. The lowest BCUT2D eigenvalue weighted by Gasteiger charge is -2.40. The van der Waals surface area contributed by atoms with E-state index in [9.17, 15) is 14.4 Å². The first kappa shape index (κ1) is 34.2. The summed E-state index contributed by atoms with van der Waals surface area (Å²) in [6, 6.07) is 11.0. The largest absolute Gasteiger partial charge is 0.493 e. The average molecular weight is 684 g/mol. The number of fused-ring (bicyclic) bond motifs is 1. The molecule has 2 fully saturated rings. The topological polar surface area (TPSA) is 124 Å². The maximum absolute atomic E-state index is 13.8. The summed E-state index contributed by atoms with van der Waals surface area (Å²) in [6.45, 7) is 4.55. The third kappa shape index (κ3) is 7.20. The van der Waals surface area contributed by atoms with Crippen molar-refractivity contribution >= 4 is 52.1 Å². The zero-order valence-corrected chi connectivity index (χ0v) is 28.9. The van der Waals surface area contributed by atoms with E-state index in [0.29, 0.717) is 65.4 Å². The van der Waals surface area contributed by atoms with Crippen molar-refractivity contribution in [2.45, 2.75) is 76.7 Å². The molecule has 0 atom stereocenters. The Kier molecular flexibility index (Phi) is 10.3. The molecule has 10 nitrogen and oxygen atoms in total. The van der Waals surface area contributed by atoms with Crippen LogP contribution >= 0.6 is 11.6 Å². The van der Waals surface area contributed by atoms with Crippen molar-refractivity contribution in [1.29, 1.82) is 0 Å². The van der Waals surface area contributed by atoms with Crippen LogP contribution < -0.4 is 15.4 Å². The quantitative estimate of drug-likeness (QED) is 0.116. The molecule has 2 amide bonds. The van der Waals surface area contributed by atoms with E-state index >= 15 is 0 Å². The van der Waals surface area contributed by atoms with Crippen LogP contribution in [0.25, 0.3) is 28.5 Å². The molecule has 0 aliphatic heterocycles. The number of amides is 2. The molecule has 2 heterocycles. The van der Waals surface area contributed by atoms with E-state index in [-0.39, 0.29) is 11.8 Å². The number of hydrogen-bond acceptors (Lipinski definition) is 7. The lowest BCUT2D eigenvalue weighted by Crippen LogP contribution is -2.61. The molecule has 6 rings (SSSR count). The van der Waals surface area contributed by atoms with E-state index < -0.39 is 11.5 Å². The lowest BCUT2D eigenvalue weighted by molar-refractivity contribution is -0.137. The molecular weight excluding hydrogens is 642 g/mol. The fourth-order valence-corrected chi connectivity index (χ4v) is 6.96. The second kappa shape index (κ2) is 14.8. The number of aromatic nitrogens is 3. The van der Waals surface area contributed by atoms with Gasteiger partial charge in [0.15, 0.2) is 5.82 Å². The van der Waals surface area contributed by atoms with Crippen LogP contribution in [-0.2, 0) is 21.4 Å². The number of nitrogens with zero attached hydrogens (tertiary/aromatic N) is 3. The summed E-state index contributed by atoms with van der Waals surface area (Å²) in [5.74, 6) is 0.479. The van der Waals surface area contributed by atoms with Crippen molar-refractivity contribution in [2.75, 3.05) is 18.5 Å². The molecule has 2 saturated carbocycles. The maximum Gasteiger partial charge on any atom is 0.330 e. The van der Waals surface area contributed by atoms with Gasteiger partial charge < -0.3 is 24.7 Å². The van der Waals surface area contributed by atoms with Crippen molar-refractivity contribution < 1.29 is 23.9 Å². The number of nitrogens with one attached hydrogen (secondary N) is 2. The SMILES string of the molecule is CCCOC(=O)/C=C/c1ccc(NC(=O)C2(NC(=O)c3ccc4c(C5CCCC5)c(-c5ncc(Cl)cn5)n(C)c4c3)CCC2)cc1OCC. The minimum Gasteiger partial charge on any atom is -0.493 e. The van der Waals surface area contributed by atoms with E-state index in [1.165, 1.54) is 24.5 Å². The van der Waals surface area contributed by atoms with Crippen molar-refractivity contribution in [1.82, 2.24) is 19.9 Å². The minimum atomic E-state index is -1.04. The average Bonchev–Trinajstić information content (AvgIpc) is 3.71. The standard InChI is InChI=1S/C38H42ClN5O5/c1-4-19-49-32(45)16-13-24-11-14-28(21-31(24)48-5-2)42-37(47)38(17-8-18-38)43-36(46)26-12-15-29-30(20-26)44(3)34(33(29)25-9-6-7-10-25)35-40-22-27(39)23-41-35/h11-16,20-23,25H,4-10,17-19H2,1-3H3,(H,42,47)(H,43,46)/b16-13+. The number of carbonyl (C=O) groups excluding carboxylic acids is 3. The van der Waals surface area contributed by atoms with E-state index in [1.807, 2.05) is 39.1 Å².